The van der Waals surface area contributed by atoms with Crippen LogP contribution in [0.1, 0.15) is 39.5 Å². The predicted molar refractivity (Wildman–Crippen MR) is 71.3 cm³/mol. The lowest BCUT2D eigenvalue weighted by molar-refractivity contribution is 0.0337. The van der Waals surface area contributed by atoms with Gasteiger partial charge in [0.2, 0.25) is 0 Å². The maximum absolute atomic E-state index is 5.38. The van der Waals surface area contributed by atoms with Crippen LogP contribution in [0.15, 0.2) is 0 Å². The minimum atomic E-state index is 0.600. The Balaban J connectivity index is 1.59. The molecule has 1 saturated carbocycles. The van der Waals surface area contributed by atoms with Gasteiger partial charge in [0.1, 0.15) is 0 Å². The summed E-state index contributed by atoms with van der Waals surface area (Å²) in [6, 6.07) is 1.28. The summed E-state index contributed by atoms with van der Waals surface area (Å²) >= 11 is 0. The van der Waals surface area contributed by atoms with Crippen molar-refractivity contribution in [2.24, 2.45) is 5.92 Å². The molecule has 1 aliphatic carbocycles. The number of nitrogens with one attached hydrogen (secondary N) is 1. The molecule has 2 atom stereocenters. The minimum Gasteiger partial charge on any atom is -0.379 e. The molecule has 0 amide bonds. The Morgan fingerprint density at radius 1 is 1.18 bits per heavy atom. The van der Waals surface area contributed by atoms with Crippen LogP contribution < -0.4 is 5.32 Å². The molecule has 0 aromatic heterocycles. The van der Waals surface area contributed by atoms with E-state index in [0.717, 1.165) is 32.2 Å². The molecule has 2 aliphatic rings. The topological polar surface area (TPSA) is 24.5 Å². The lowest BCUT2D eigenvalue weighted by Gasteiger charge is -2.33. The molecule has 1 N–H and O–H groups in total. The first-order valence-corrected chi connectivity index (χ1v) is 7.30. The quantitative estimate of drug-likeness (QED) is 0.767. The molecular formula is C14H28N2O. The summed E-state index contributed by atoms with van der Waals surface area (Å²) in [6.07, 6.45) is 5.75. The Bertz CT molecular complexity index is 212. The van der Waals surface area contributed by atoms with Gasteiger partial charge in [0.25, 0.3) is 0 Å². The van der Waals surface area contributed by atoms with Crippen molar-refractivity contribution in [1.82, 2.24) is 10.2 Å². The van der Waals surface area contributed by atoms with Crippen LogP contribution in [-0.2, 0) is 4.74 Å². The molecule has 0 radical (unpaired) electrons. The van der Waals surface area contributed by atoms with Crippen LogP contribution in [-0.4, -0.2) is 49.8 Å². The number of rotatable bonds is 6. The zero-order valence-corrected chi connectivity index (χ0v) is 11.5. The Hall–Kier alpha value is -0.120. The van der Waals surface area contributed by atoms with Gasteiger partial charge >= 0.3 is 0 Å². The third-order valence-corrected chi connectivity index (χ3v) is 4.12. The Labute approximate surface area is 106 Å². The van der Waals surface area contributed by atoms with Crippen LogP contribution in [0.5, 0.6) is 0 Å². The molecule has 3 heteroatoms. The standard InChI is InChI=1S/C14H28N2O/c1-12(10-14-4-3-5-14)15-13(2)11-16-6-8-17-9-7-16/h12-15H,3-11H2,1-2H3. The summed E-state index contributed by atoms with van der Waals surface area (Å²) in [6.45, 7) is 9.83. The molecular weight excluding hydrogens is 212 g/mol. The molecule has 0 aromatic carbocycles. The van der Waals surface area contributed by atoms with Crippen LogP contribution in [0.25, 0.3) is 0 Å². The van der Waals surface area contributed by atoms with E-state index in [0.29, 0.717) is 12.1 Å². The van der Waals surface area contributed by atoms with Gasteiger partial charge in [-0.05, 0) is 26.2 Å². The van der Waals surface area contributed by atoms with Gasteiger partial charge in [-0.25, -0.2) is 0 Å². The number of ether oxygens (including phenoxy) is 1. The van der Waals surface area contributed by atoms with Crippen molar-refractivity contribution < 1.29 is 4.74 Å². The fourth-order valence-corrected chi connectivity index (χ4v) is 3.01. The van der Waals surface area contributed by atoms with Crippen LogP contribution >= 0.6 is 0 Å². The molecule has 2 fully saturated rings. The van der Waals surface area contributed by atoms with E-state index in [2.05, 4.69) is 24.1 Å². The summed E-state index contributed by atoms with van der Waals surface area (Å²) < 4.78 is 5.38. The van der Waals surface area contributed by atoms with E-state index in [1.807, 2.05) is 0 Å². The highest BCUT2D eigenvalue weighted by Gasteiger charge is 2.21. The zero-order valence-electron chi connectivity index (χ0n) is 11.5. The maximum Gasteiger partial charge on any atom is 0.0594 e. The molecule has 0 bridgehead atoms. The molecule has 0 aromatic rings. The Kier molecular flexibility index (Phi) is 5.26. The van der Waals surface area contributed by atoms with Crippen molar-refractivity contribution in [3.63, 3.8) is 0 Å². The first kappa shape index (κ1) is 13.3. The van der Waals surface area contributed by atoms with E-state index < -0.39 is 0 Å². The van der Waals surface area contributed by atoms with E-state index in [1.54, 1.807) is 0 Å². The van der Waals surface area contributed by atoms with Crippen LogP contribution in [0.4, 0.5) is 0 Å². The van der Waals surface area contributed by atoms with Gasteiger partial charge in [0.15, 0.2) is 0 Å². The van der Waals surface area contributed by atoms with Crippen molar-refractivity contribution in [3.8, 4) is 0 Å². The molecule has 3 nitrogen and oxygen atoms in total. The SMILES string of the molecule is CC(CC1CCC1)NC(C)CN1CCOCC1. The molecule has 0 spiro atoms. The highest BCUT2D eigenvalue weighted by Crippen LogP contribution is 2.30. The maximum atomic E-state index is 5.38. The third-order valence-electron chi connectivity index (χ3n) is 4.12. The number of hydrogen-bond acceptors (Lipinski definition) is 3. The van der Waals surface area contributed by atoms with E-state index in [4.69, 9.17) is 4.74 Å². The predicted octanol–water partition coefficient (Wildman–Crippen LogP) is 1.88. The molecule has 17 heavy (non-hydrogen) atoms. The zero-order chi connectivity index (χ0) is 12.1. The monoisotopic (exact) mass is 240 g/mol. The van der Waals surface area contributed by atoms with Crippen LogP contribution in [0, 0.1) is 5.92 Å². The van der Waals surface area contributed by atoms with Crippen molar-refractivity contribution in [3.05, 3.63) is 0 Å². The van der Waals surface area contributed by atoms with Crippen molar-refractivity contribution in [2.45, 2.75) is 51.6 Å². The largest absolute Gasteiger partial charge is 0.379 e. The second kappa shape index (κ2) is 6.72. The summed E-state index contributed by atoms with van der Waals surface area (Å²) in [5.41, 5.74) is 0. The molecule has 1 aliphatic heterocycles. The number of nitrogens with zero attached hydrogens (tertiary/aromatic N) is 1. The second-order valence-corrected chi connectivity index (χ2v) is 5.91. The van der Waals surface area contributed by atoms with Gasteiger partial charge in [-0.1, -0.05) is 19.3 Å². The fraction of sp³-hybridized carbons (Fsp3) is 1.00. The van der Waals surface area contributed by atoms with Crippen molar-refractivity contribution in [1.29, 1.82) is 0 Å². The van der Waals surface area contributed by atoms with Crippen molar-refractivity contribution >= 4 is 0 Å². The molecule has 100 valence electrons. The summed E-state index contributed by atoms with van der Waals surface area (Å²) in [5.74, 6) is 1.01. The summed E-state index contributed by atoms with van der Waals surface area (Å²) in [7, 11) is 0. The second-order valence-electron chi connectivity index (χ2n) is 5.91. The summed E-state index contributed by atoms with van der Waals surface area (Å²) in [5, 5.41) is 3.74. The lowest BCUT2D eigenvalue weighted by Crippen LogP contribution is -2.47. The Morgan fingerprint density at radius 3 is 2.47 bits per heavy atom. The van der Waals surface area contributed by atoms with Gasteiger partial charge in [-0.3, -0.25) is 4.90 Å². The van der Waals surface area contributed by atoms with Gasteiger partial charge in [-0.2, -0.15) is 0 Å². The van der Waals surface area contributed by atoms with Gasteiger partial charge in [0.05, 0.1) is 13.2 Å². The van der Waals surface area contributed by atoms with Gasteiger partial charge in [0, 0.05) is 31.7 Å². The van der Waals surface area contributed by atoms with E-state index in [-0.39, 0.29) is 0 Å². The number of hydrogen-bond donors (Lipinski definition) is 1. The van der Waals surface area contributed by atoms with E-state index in [9.17, 15) is 0 Å². The molecule has 1 heterocycles. The van der Waals surface area contributed by atoms with Gasteiger partial charge in [-0.15, -0.1) is 0 Å². The highest BCUT2D eigenvalue weighted by molar-refractivity contribution is 4.78. The molecule has 2 rings (SSSR count). The van der Waals surface area contributed by atoms with Crippen LogP contribution in [0.3, 0.4) is 0 Å². The first-order chi connectivity index (χ1) is 8.24. The normalized spacial score (nSPS) is 26.5. The van der Waals surface area contributed by atoms with Gasteiger partial charge < -0.3 is 10.1 Å². The first-order valence-electron chi connectivity index (χ1n) is 7.30. The third kappa shape index (κ3) is 4.57. The lowest BCUT2D eigenvalue weighted by atomic mass is 9.81. The fourth-order valence-electron chi connectivity index (χ4n) is 3.01. The number of morpholine rings is 1. The summed E-state index contributed by atoms with van der Waals surface area (Å²) in [4.78, 5) is 2.51. The minimum absolute atomic E-state index is 0.600. The smallest absolute Gasteiger partial charge is 0.0594 e. The molecule has 2 unspecified atom stereocenters. The average Bonchev–Trinajstić information content (AvgIpc) is 2.25. The molecule has 1 saturated heterocycles. The Morgan fingerprint density at radius 2 is 1.88 bits per heavy atom. The average molecular weight is 240 g/mol. The highest BCUT2D eigenvalue weighted by atomic mass is 16.5. The van der Waals surface area contributed by atoms with Crippen molar-refractivity contribution in [2.75, 3.05) is 32.8 Å². The van der Waals surface area contributed by atoms with E-state index >= 15 is 0 Å². The van der Waals surface area contributed by atoms with Crippen LogP contribution in [0.2, 0.25) is 0 Å². The van der Waals surface area contributed by atoms with E-state index in [1.165, 1.54) is 32.2 Å².